The molecule has 0 aliphatic heterocycles. The van der Waals surface area contributed by atoms with Crippen LogP contribution >= 0.6 is 0 Å². The van der Waals surface area contributed by atoms with Gasteiger partial charge in [0.15, 0.2) is 0 Å². The van der Waals surface area contributed by atoms with Gasteiger partial charge in [0, 0.05) is 0 Å². The molecule has 0 aliphatic carbocycles. The summed E-state index contributed by atoms with van der Waals surface area (Å²) >= 11 is 0. The minimum atomic E-state index is 0.583. The molecule has 0 saturated heterocycles. The first-order valence-electron chi connectivity index (χ1n) is 7.15. The fraction of sp³-hybridized carbons (Fsp3) is 0. The van der Waals surface area contributed by atoms with Crippen LogP contribution in [-0.2, 0) is 0 Å². The van der Waals surface area contributed by atoms with Crippen molar-refractivity contribution in [2.45, 2.75) is 0 Å². The molecule has 3 aromatic carbocycles. The van der Waals surface area contributed by atoms with Gasteiger partial charge in [-0.2, -0.15) is 5.11 Å². The number of hydrogen-bond donors (Lipinski definition) is 1. The van der Waals surface area contributed by atoms with E-state index in [9.17, 15) is 0 Å². The first kappa shape index (κ1) is 14.6. The van der Waals surface area contributed by atoms with E-state index in [4.69, 9.17) is 5.73 Å². The van der Waals surface area contributed by atoms with Gasteiger partial charge in [-0.3, -0.25) is 0 Å². The minimum absolute atomic E-state index is 0.583. The number of nitrogen functional groups attached to an aromatic ring is 1. The lowest BCUT2D eigenvalue weighted by Gasteiger charge is -1.99. The highest BCUT2D eigenvalue weighted by molar-refractivity contribution is 5.64. The van der Waals surface area contributed by atoms with Crippen molar-refractivity contribution < 1.29 is 0 Å². The molecule has 0 aromatic heterocycles. The summed E-state index contributed by atoms with van der Waals surface area (Å²) in [6.45, 7) is 0. The number of benzene rings is 3. The molecule has 5 nitrogen and oxygen atoms in total. The standard InChI is InChI=1S/C18H15N5/c19-15-10-4-5-11-16(15)21-23-18-13-7-6-12-17(18)22-20-14-8-2-1-3-9-14/h1-13H,19H2. The second-order valence-corrected chi connectivity index (χ2v) is 4.78. The van der Waals surface area contributed by atoms with Crippen LogP contribution in [0.4, 0.5) is 28.4 Å². The molecule has 0 saturated carbocycles. The maximum absolute atomic E-state index is 5.86. The fourth-order valence-electron chi connectivity index (χ4n) is 1.93. The zero-order valence-corrected chi connectivity index (χ0v) is 12.4. The molecule has 23 heavy (non-hydrogen) atoms. The molecule has 0 aliphatic rings. The van der Waals surface area contributed by atoms with E-state index < -0.39 is 0 Å². The largest absolute Gasteiger partial charge is 0.397 e. The Morgan fingerprint density at radius 1 is 0.478 bits per heavy atom. The summed E-state index contributed by atoms with van der Waals surface area (Å²) in [5, 5.41) is 16.9. The molecular weight excluding hydrogens is 286 g/mol. The SMILES string of the molecule is Nc1ccccc1N=Nc1ccccc1N=Nc1ccccc1. The van der Waals surface area contributed by atoms with E-state index in [-0.39, 0.29) is 0 Å². The van der Waals surface area contributed by atoms with Crippen molar-refractivity contribution in [1.29, 1.82) is 0 Å². The molecule has 0 heterocycles. The maximum atomic E-state index is 5.86. The molecule has 3 aromatic rings. The summed E-state index contributed by atoms with van der Waals surface area (Å²) in [5.74, 6) is 0. The summed E-state index contributed by atoms with van der Waals surface area (Å²) in [6.07, 6.45) is 0. The van der Waals surface area contributed by atoms with Crippen LogP contribution in [0.3, 0.4) is 0 Å². The number of anilines is 1. The van der Waals surface area contributed by atoms with Gasteiger partial charge in [-0.1, -0.05) is 42.5 Å². The monoisotopic (exact) mass is 301 g/mol. The van der Waals surface area contributed by atoms with E-state index >= 15 is 0 Å². The Kier molecular flexibility index (Phi) is 4.49. The van der Waals surface area contributed by atoms with E-state index in [1.54, 1.807) is 6.07 Å². The third-order valence-electron chi connectivity index (χ3n) is 3.11. The Labute approximate surface area is 134 Å². The highest BCUT2D eigenvalue weighted by atomic mass is 15.2. The van der Waals surface area contributed by atoms with Crippen LogP contribution in [0.5, 0.6) is 0 Å². The zero-order valence-electron chi connectivity index (χ0n) is 12.4. The average Bonchev–Trinajstić information content (AvgIpc) is 2.61. The molecule has 0 unspecified atom stereocenters. The van der Waals surface area contributed by atoms with Gasteiger partial charge in [0.2, 0.25) is 0 Å². The summed E-state index contributed by atoms with van der Waals surface area (Å²) < 4.78 is 0. The summed E-state index contributed by atoms with van der Waals surface area (Å²) in [4.78, 5) is 0. The van der Waals surface area contributed by atoms with E-state index in [2.05, 4.69) is 20.5 Å². The van der Waals surface area contributed by atoms with Crippen molar-refractivity contribution in [3.8, 4) is 0 Å². The van der Waals surface area contributed by atoms with Crippen LogP contribution in [0.2, 0.25) is 0 Å². The summed E-state index contributed by atoms with van der Waals surface area (Å²) in [6, 6.07) is 24.3. The van der Waals surface area contributed by atoms with Gasteiger partial charge in [0.1, 0.15) is 17.1 Å². The van der Waals surface area contributed by atoms with E-state index in [1.807, 2.05) is 72.8 Å². The molecule has 3 rings (SSSR count). The normalized spacial score (nSPS) is 11.3. The number of rotatable bonds is 4. The third kappa shape index (κ3) is 3.85. The van der Waals surface area contributed by atoms with Crippen LogP contribution in [0.15, 0.2) is 99.3 Å². The molecule has 0 atom stereocenters. The number of para-hydroxylation sites is 1. The molecule has 112 valence electrons. The Morgan fingerprint density at radius 2 is 0.957 bits per heavy atom. The van der Waals surface area contributed by atoms with Gasteiger partial charge in [0.25, 0.3) is 0 Å². The molecular formula is C18H15N5. The quantitative estimate of drug-likeness (QED) is 0.458. The van der Waals surface area contributed by atoms with Crippen LogP contribution in [-0.4, -0.2) is 0 Å². The van der Waals surface area contributed by atoms with Crippen molar-refractivity contribution >= 4 is 28.4 Å². The van der Waals surface area contributed by atoms with Crippen molar-refractivity contribution in [3.63, 3.8) is 0 Å². The Hall–Kier alpha value is -3.34. The van der Waals surface area contributed by atoms with Gasteiger partial charge in [-0.25, -0.2) is 0 Å². The molecule has 0 spiro atoms. The second kappa shape index (κ2) is 7.09. The van der Waals surface area contributed by atoms with Crippen LogP contribution in [0.25, 0.3) is 0 Å². The molecule has 0 radical (unpaired) electrons. The van der Waals surface area contributed by atoms with Gasteiger partial charge in [0.05, 0.1) is 11.4 Å². The zero-order chi connectivity index (χ0) is 15.9. The molecule has 0 amide bonds. The third-order valence-corrected chi connectivity index (χ3v) is 3.11. The number of nitrogens with two attached hydrogens (primary N) is 1. The number of nitrogens with zero attached hydrogens (tertiary/aromatic N) is 4. The first-order valence-corrected chi connectivity index (χ1v) is 7.15. The van der Waals surface area contributed by atoms with Crippen molar-refractivity contribution in [3.05, 3.63) is 78.9 Å². The lowest BCUT2D eigenvalue weighted by Crippen LogP contribution is -1.82. The second-order valence-electron chi connectivity index (χ2n) is 4.78. The smallest absolute Gasteiger partial charge is 0.113 e. The van der Waals surface area contributed by atoms with Crippen molar-refractivity contribution in [2.75, 3.05) is 5.73 Å². The Bertz CT molecular complexity index is 841. The average molecular weight is 301 g/mol. The predicted molar refractivity (Wildman–Crippen MR) is 92.1 cm³/mol. The van der Waals surface area contributed by atoms with E-state index in [0.29, 0.717) is 22.7 Å². The van der Waals surface area contributed by atoms with E-state index in [0.717, 1.165) is 5.69 Å². The number of hydrogen-bond acceptors (Lipinski definition) is 5. The highest BCUT2D eigenvalue weighted by Crippen LogP contribution is 2.31. The topological polar surface area (TPSA) is 75.5 Å². The van der Waals surface area contributed by atoms with Gasteiger partial charge in [-0.05, 0) is 36.4 Å². The van der Waals surface area contributed by atoms with Gasteiger partial charge in [-0.15, -0.1) is 15.3 Å². The fourth-order valence-corrected chi connectivity index (χ4v) is 1.93. The molecule has 0 fully saturated rings. The molecule has 0 bridgehead atoms. The van der Waals surface area contributed by atoms with Gasteiger partial charge < -0.3 is 5.73 Å². The lowest BCUT2D eigenvalue weighted by molar-refractivity contribution is 1.18. The van der Waals surface area contributed by atoms with Crippen LogP contribution in [0.1, 0.15) is 0 Å². The van der Waals surface area contributed by atoms with Crippen molar-refractivity contribution in [1.82, 2.24) is 0 Å². The summed E-state index contributed by atoms with van der Waals surface area (Å²) in [5.41, 5.74) is 9.14. The Balaban J connectivity index is 1.87. The molecule has 2 N–H and O–H groups in total. The maximum Gasteiger partial charge on any atom is 0.113 e. The number of azo groups is 2. The first-order chi connectivity index (χ1) is 11.3. The van der Waals surface area contributed by atoms with Gasteiger partial charge >= 0.3 is 0 Å². The van der Waals surface area contributed by atoms with Crippen LogP contribution in [0, 0.1) is 0 Å². The summed E-state index contributed by atoms with van der Waals surface area (Å²) in [7, 11) is 0. The predicted octanol–water partition coefficient (Wildman–Crippen LogP) is 6.10. The molecule has 5 heteroatoms. The highest BCUT2D eigenvalue weighted by Gasteiger charge is 2.00. The Morgan fingerprint density at radius 3 is 1.61 bits per heavy atom. The van der Waals surface area contributed by atoms with Crippen molar-refractivity contribution in [2.24, 2.45) is 20.5 Å². The lowest BCUT2D eigenvalue weighted by atomic mass is 10.3. The van der Waals surface area contributed by atoms with Crippen LogP contribution < -0.4 is 5.73 Å². The van der Waals surface area contributed by atoms with E-state index in [1.165, 1.54) is 0 Å². The minimum Gasteiger partial charge on any atom is -0.397 e.